The zero-order valence-corrected chi connectivity index (χ0v) is 9.73. The number of carboxylic acids is 1. The fourth-order valence-corrected chi connectivity index (χ4v) is 1.49. The third-order valence-electron chi connectivity index (χ3n) is 1.65. The van der Waals surface area contributed by atoms with Gasteiger partial charge in [0.2, 0.25) is 0 Å². The lowest BCUT2D eigenvalue weighted by Crippen LogP contribution is -2.13. The smallest absolute Gasteiger partial charge is 0.307 e. The Hall–Kier alpha value is -1.96. The summed E-state index contributed by atoms with van der Waals surface area (Å²) < 4.78 is 0. The van der Waals surface area contributed by atoms with E-state index in [2.05, 4.69) is 10.1 Å². The minimum Gasteiger partial charge on any atom is -0.481 e. The van der Waals surface area contributed by atoms with Gasteiger partial charge in [0.1, 0.15) is 11.8 Å². The molecule has 17 heavy (non-hydrogen) atoms. The molecule has 1 unspecified atom stereocenters. The number of carbonyl (C=O) groups is 1. The number of nitrogen functional groups attached to an aromatic ring is 1. The van der Waals surface area contributed by atoms with Crippen molar-refractivity contribution in [3.05, 3.63) is 11.1 Å². The Morgan fingerprint density at radius 1 is 1.82 bits per heavy atom. The predicted octanol–water partition coefficient (Wildman–Crippen LogP) is 0.419. The van der Waals surface area contributed by atoms with Crippen molar-refractivity contribution in [3.8, 4) is 0 Å². The first-order valence-corrected chi connectivity index (χ1v) is 5.46. The number of nitrogens with zero attached hydrogens (tertiary/aromatic N) is 2. The Balaban J connectivity index is 2.68. The Morgan fingerprint density at radius 2 is 2.53 bits per heavy atom. The van der Waals surface area contributed by atoms with Gasteiger partial charge in [-0.05, 0) is 6.92 Å². The van der Waals surface area contributed by atoms with Gasteiger partial charge in [-0.2, -0.15) is 0 Å². The SMILES string of the molecule is CC(CC(=O)O)O/N=C(\[C]=O)c1csc(N)n1. The molecule has 0 saturated carbocycles. The van der Waals surface area contributed by atoms with Crippen molar-refractivity contribution in [3.63, 3.8) is 0 Å². The van der Waals surface area contributed by atoms with Crippen molar-refractivity contribution in [2.45, 2.75) is 19.4 Å². The van der Waals surface area contributed by atoms with Gasteiger partial charge < -0.3 is 15.7 Å². The Kier molecular flexibility index (Phi) is 4.58. The van der Waals surface area contributed by atoms with Crippen LogP contribution >= 0.6 is 11.3 Å². The van der Waals surface area contributed by atoms with Gasteiger partial charge in [-0.3, -0.25) is 9.59 Å². The average molecular weight is 256 g/mol. The number of oxime groups is 1. The van der Waals surface area contributed by atoms with E-state index in [1.165, 1.54) is 12.3 Å². The van der Waals surface area contributed by atoms with E-state index in [1.54, 1.807) is 6.29 Å². The number of thiazole rings is 1. The number of carboxylic acid groups (broad SMARTS) is 1. The lowest BCUT2D eigenvalue weighted by molar-refractivity contribution is -0.139. The molecule has 0 amide bonds. The van der Waals surface area contributed by atoms with Gasteiger partial charge in [0.15, 0.2) is 10.8 Å². The second kappa shape index (κ2) is 5.94. The van der Waals surface area contributed by atoms with Crippen LogP contribution in [0.4, 0.5) is 5.13 Å². The molecule has 0 aliphatic rings. The fraction of sp³-hybridized carbons (Fsp3) is 0.333. The number of nitrogens with two attached hydrogens (primary N) is 1. The summed E-state index contributed by atoms with van der Waals surface area (Å²) >= 11 is 1.15. The van der Waals surface area contributed by atoms with E-state index in [0.717, 1.165) is 11.3 Å². The largest absolute Gasteiger partial charge is 0.481 e. The summed E-state index contributed by atoms with van der Waals surface area (Å²) in [6.45, 7) is 1.52. The van der Waals surface area contributed by atoms with Crippen LogP contribution in [0.3, 0.4) is 0 Å². The van der Waals surface area contributed by atoms with E-state index in [0.29, 0.717) is 5.13 Å². The van der Waals surface area contributed by atoms with E-state index >= 15 is 0 Å². The quantitative estimate of drug-likeness (QED) is 0.563. The van der Waals surface area contributed by atoms with E-state index < -0.39 is 12.1 Å². The van der Waals surface area contributed by atoms with E-state index in [9.17, 15) is 9.59 Å². The average Bonchev–Trinajstić information content (AvgIpc) is 2.65. The Bertz CT molecular complexity index is 443. The molecular weight excluding hydrogens is 246 g/mol. The molecule has 1 heterocycles. The molecule has 0 fully saturated rings. The third-order valence-corrected chi connectivity index (χ3v) is 2.32. The van der Waals surface area contributed by atoms with Gasteiger partial charge in [-0.1, -0.05) is 5.16 Å². The van der Waals surface area contributed by atoms with Crippen LogP contribution in [-0.2, 0) is 14.4 Å². The van der Waals surface area contributed by atoms with Gasteiger partial charge >= 0.3 is 5.97 Å². The van der Waals surface area contributed by atoms with E-state index in [-0.39, 0.29) is 17.8 Å². The number of carbonyl (C=O) groups excluding carboxylic acids is 1. The standard InChI is InChI=1S/C9H10N3O4S/c1-5(2-8(14)15)16-12-6(3-13)7-4-17-9(10)11-7/h4-5H,2H2,1H3,(H2,10,11)(H,14,15)/b12-6+. The molecule has 0 aromatic carbocycles. The maximum Gasteiger partial charge on any atom is 0.307 e. The van der Waals surface area contributed by atoms with Crippen molar-refractivity contribution < 1.29 is 19.5 Å². The van der Waals surface area contributed by atoms with Crippen LogP contribution in [0.2, 0.25) is 0 Å². The summed E-state index contributed by atoms with van der Waals surface area (Å²) in [5.74, 6) is -1.01. The molecule has 1 aromatic rings. The van der Waals surface area contributed by atoms with Crippen LogP contribution in [0.25, 0.3) is 0 Å². The van der Waals surface area contributed by atoms with Crippen molar-refractivity contribution >= 4 is 34.4 Å². The van der Waals surface area contributed by atoms with E-state index in [4.69, 9.17) is 15.7 Å². The normalized spacial score (nSPS) is 13.1. The first-order chi connectivity index (χ1) is 8.02. The first kappa shape index (κ1) is 13.1. The lowest BCUT2D eigenvalue weighted by Gasteiger charge is -2.05. The first-order valence-electron chi connectivity index (χ1n) is 4.58. The summed E-state index contributed by atoms with van der Waals surface area (Å²) in [6, 6.07) is 0. The number of hydrogen-bond acceptors (Lipinski definition) is 7. The fourth-order valence-electron chi connectivity index (χ4n) is 0.940. The molecule has 91 valence electrons. The molecule has 0 spiro atoms. The minimum atomic E-state index is -1.01. The highest BCUT2D eigenvalue weighted by Crippen LogP contribution is 2.11. The molecule has 1 rings (SSSR count). The van der Waals surface area contributed by atoms with Crippen molar-refractivity contribution in [2.24, 2.45) is 5.16 Å². The summed E-state index contributed by atoms with van der Waals surface area (Å²) in [5.41, 5.74) is 5.51. The number of aromatic nitrogens is 1. The summed E-state index contributed by atoms with van der Waals surface area (Å²) in [5, 5.41) is 13.8. The maximum absolute atomic E-state index is 10.6. The van der Waals surface area contributed by atoms with Crippen molar-refractivity contribution in [1.82, 2.24) is 4.98 Å². The predicted molar refractivity (Wildman–Crippen MR) is 61.6 cm³/mol. The third kappa shape index (κ3) is 4.19. The molecule has 7 nitrogen and oxygen atoms in total. The molecule has 8 heteroatoms. The van der Waals surface area contributed by atoms with Crippen LogP contribution in [0, 0.1) is 0 Å². The highest BCUT2D eigenvalue weighted by molar-refractivity contribution is 7.13. The lowest BCUT2D eigenvalue weighted by atomic mass is 10.3. The minimum absolute atomic E-state index is 0.143. The number of hydrogen-bond donors (Lipinski definition) is 2. The van der Waals surface area contributed by atoms with Crippen molar-refractivity contribution in [2.75, 3.05) is 5.73 Å². The highest BCUT2D eigenvalue weighted by Gasteiger charge is 2.12. The van der Waals surface area contributed by atoms with Crippen LogP contribution in [-0.4, -0.2) is 34.2 Å². The molecule has 1 atom stereocenters. The molecule has 1 radical (unpaired) electrons. The molecule has 0 saturated heterocycles. The molecule has 0 aliphatic carbocycles. The highest BCUT2D eigenvalue weighted by atomic mass is 32.1. The Labute approximate surface area is 101 Å². The molecule has 3 N–H and O–H groups in total. The monoisotopic (exact) mass is 256 g/mol. The summed E-state index contributed by atoms with van der Waals surface area (Å²) in [6.07, 6.45) is 0.697. The van der Waals surface area contributed by atoms with Gasteiger partial charge in [0, 0.05) is 5.38 Å². The van der Waals surface area contributed by atoms with Crippen LogP contribution in [0.15, 0.2) is 10.5 Å². The van der Waals surface area contributed by atoms with Gasteiger partial charge in [-0.15, -0.1) is 11.3 Å². The Morgan fingerprint density at radius 3 is 3.00 bits per heavy atom. The summed E-state index contributed by atoms with van der Waals surface area (Å²) in [7, 11) is 0. The second-order valence-electron chi connectivity index (χ2n) is 3.13. The topological polar surface area (TPSA) is 115 Å². The molecule has 0 aliphatic heterocycles. The number of aliphatic carboxylic acids is 1. The zero-order valence-electron chi connectivity index (χ0n) is 8.91. The van der Waals surface area contributed by atoms with Crippen LogP contribution < -0.4 is 5.73 Å². The number of anilines is 1. The van der Waals surface area contributed by atoms with E-state index in [1.807, 2.05) is 0 Å². The van der Waals surface area contributed by atoms with Gasteiger partial charge in [-0.25, -0.2) is 4.98 Å². The zero-order chi connectivity index (χ0) is 12.8. The van der Waals surface area contributed by atoms with Crippen LogP contribution in [0.5, 0.6) is 0 Å². The number of rotatable bonds is 6. The van der Waals surface area contributed by atoms with Gasteiger partial charge in [0.25, 0.3) is 6.29 Å². The second-order valence-corrected chi connectivity index (χ2v) is 4.02. The van der Waals surface area contributed by atoms with Crippen LogP contribution in [0.1, 0.15) is 19.0 Å². The maximum atomic E-state index is 10.6. The summed E-state index contributed by atoms with van der Waals surface area (Å²) in [4.78, 5) is 29.7. The van der Waals surface area contributed by atoms with Crippen molar-refractivity contribution in [1.29, 1.82) is 0 Å². The molecule has 1 aromatic heterocycles. The molecular formula is C9H10N3O4S. The molecule has 0 bridgehead atoms. The van der Waals surface area contributed by atoms with Gasteiger partial charge in [0.05, 0.1) is 6.42 Å².